The molecule has 1 aromatic rings. The molecule has 3 rings (SSSR count). The number of alkyl halides is 3. The number of nitrogens with zero attached hydrogens (tertiary/aromatic N) is 2. The number of carboxylic acid groups (broad SMARTS) is 1. The van der Waals surface area contributed by atoms with E-state index in [0.29, 0.717) is 34.8 Å². The molecule has 0 saturated carbocycles. The van der Waals surface area contributed by atoms with Gasteiger partial charge in [-0.25, -0.2) is 14.8 Å². The first-order valence-electron chi connectivity index (χ1n) is 6.77. The van der Waals surface area contributed by atoms with Gasteiger partial charge in [-0.1, -0.05) is 11.6 Å². The fourth-order valence-corrected chi connectivity index (χ4v) is 2.78. The van der Waals surface area contributed by atoms with E-state index in [1.165, 1.54) is 19.2 Å². The number of halogens is 4. The van der Waals surface area contributed by atoms with Gasteiger partial charge in [0, 0.05) is 18.1 Å². The molecular weight excluding hydrogens is 339 g/mol. The minimum atomic E-state index is -5.08. The topological polar surface area (TPSA) is 113 Å². The summed E-state index contributed by atoms with van der Waals surface area (Å²) in [6.07, 6.45) is -0.0166. The van der Waals surface area contributed by atoms with E-state index < -0.39 is 12.1 Å². The van der Waals surface area contributed by atoms with Crippen molar-refractivity contribution >= 4 is 29.1 Å². The number of carbonyl (C=O) groups is 1. The van der Waals surface area contributed by atoms with Gasteiger partial charge in [-0.15, -0.1) is 0 Å². The lowest BCUT2D eigenvalue weighted by molar-refractivity contribution is -0.192. The minimum Gasteiger partial charge on any atom is -0.475 e. The standard InChI is InChI=1S/C10H14ClN5.C2HF3O2/c11-9-8(12)10(14-4-13-9)16-7-3-5-1-2-6(7)15-5;3-2(4,5)1(6)7/h4-7,15H,1-3,12H2,(H,13,14,16);(H,6,7)/t5-,6+,7-;/m0./s1. The molecule has 0 amide bonds. The SMILES string of the molecule is Nc1c(Cl)ncnc1N[C@H]1C[C@@H]2CC[C@H]1N2.O=C(O)C(F)(F)F. The molecule has 7 nitrogen and oxygen atoms in total. The summed E-state index contributed by atoms with van der Waals surface area (Å²) < 4.78 is 31.7. The fourth-order valence-electron chi connectivity index (χ4n) is 2.65. The third-order valence-electron chi connectivity index (χ3n) is 3.70. The van der Waals surface area contributed by atoms with Gasteiger partial charge in [0.15, 0.2) is 11.0 Å². The van der Waals surface area contributed by atoms with Crippen LogP contribution in [0, 0.1) is 0 Å². The Balaban J connectivity index is 0.000000236. The number of hydrogen-bond donors (Lipinski definition) is 4. The van der Waals surface area contributed by atoms with Crippen molar-refractivity contribution in [3.05, 3.63) is 11.5 Å². The molecule has 0 aliphatic carbocycles. The second kappa shape index (κ2) is 6.75. The Morgan fingerprint density at radius 2 is 2.09 bits per heavy atom. The van der Waals surface area contributed by atoms with E-state index >= 15 is 0 Å². The monoisotopic (exact) mass is 353 g/mol. The molecule has 128 valence electrons. The van der Waals surface area contributed by atoms with E-state index in [1.807, 2.05) is 0 Å². The highest BCUT2D eigenvalue weighted by atomic mass is 35.5. The molecule has 2 aliphatic rings. The van der Waals surface area contributed by atoms with Crippen LogP contribution in [-0.2, 0) is 4.79 Å². The molecule has 1 aromatic heterocycles. The van der Waals surface area contributed by atoms with Gasteiger partial charge >= 0.3 is 12.1 Å². The van der Waals surface area contributed by atoms with Crippen LogP contribution in [0.5, 0.6) is 0 Å². The predicted octanol–water partition coefficient (Wildman–Crippen LogP) is 1.65. The van der Waals surface area contributed by atoms with Crippen molar-refractivity contribution < 1.29 is 23.1 Å². The number of anilines is 2. The van der Waals surface area contributed by atoms with Gasteiger partial charge in [0.05, 0.1) is 0 Å². The van der Waals surface area contributed by atoms with Crippen molar-refractivity contribution in [3.8, 4) is 0 Å². The van der Waals surface area contributed by atoms with Crippen LogP contribution in [0.15, 0.2) is 6.33 Å². The maximum atomic E-state index is 10.6. The van der Waals surface area contributed by atoms with Gasteiger partial charge in [0.25, 0.3) is 0 Å². The largest absolute Gasteiger partial charge is 0.490 e. The molecule has 3 heterocycles. The fraction of sp³-hybridized carbons (Fsp3) is 0.583. The van der Waals surface area contributed by atoms with Crippen molar-refractivity contribution in [2.24, 2.45) is 0 Å². The molecule has 0 radical (unpaired) electrons. The highest BCUT2D eigenvalue weighted by Gasteiger charge is 2.39. The number of hydrogen-bond acceptors (Lipinski definition) is 6. The average molecular weight is 354 g/mol. The number of nitrogen functional groups attached to an aromatic ring is 1. The summed E-state index contributed by atoms with van der Waals surface area (Å²) in [5.41, 5.74) is 6.26. The summed E-state index contributed by atoms with van der Waals surface area (Å²) in [4.78, 5) is 16.9. The van der Waals surface area contributed by atoms with E-state index in [-0.39, 0.29) is 0 Å². The van der Waals surface area contributed by atoms with Gasteiger partial charge in [-0.2, -0.15) is 13.2 Å². The lowest BCUT2D eigenvalue weighted by Gasteiger charge is -2.22. The molecule has 5 N–H and O–H groups in total. The number of nitrogens with two attached hydrogens (primary N) is 1. The number of nitrogens with one attached hydrogen (secondary N) is 2. The number of carboxylic acids is 1. The molecule has 3 atom stereocenters. The van der Waals surface area contributed by atoms with Gasteiger partial charge in [0.1, 0.15) is 12.0 Å². The van der Waals surface area contributed by atoms with E-state index in [2.05, 4.69) is 20.6 Å². The quantitative estimate of drug-likeness (QED) is 0.598. The Morgan fingerprint density at radius 1 is 1.43 bits per heavy atom. The third kappa shape index (κ3) is 4.35. The molecule has 23 heavy (non-hydrogen) atoms. The Hall–Kier alpha value is -1.81. The van der Waals surface area contributed by atoms with E-state index in [4.69, 9.17) is 27.2 Å². The van der Waals surface area contributed by atoms with Gasteiger partial charge < -0.3 is 21.5 Å². The van der Waals surface area contributed by atoms with Crippen molar-refractivity contribution in [2.75, 3.05) is 11.1 Å². The Morgan fingerprint density at radius 3 is 2.57 bits per heavy atom. The zero-order valence-corrected chi connectivity index (χ0v) is 12.5. The Kier molecular flexibility index (Phi) is 5.15. The van der Waals surface area contributed by atoms with Crippen molar-refractivity contribution in [1.29, 1.82) is 0 Å². The second-order valence-electron chi connectivity index (χ2n) is 5.26. The average Bonchev–Trinajstić information content (AvgIpc) is 3.06. The van der Waals surface area contributed by atoms with Crippen LogP contribution in [0.2, 0.25) is 5.15 Å². The van der Waals surface area contributed by atoms with Crippen LogP contribution in [0.3, 0.4) is 0 Å². The first kappa shape index (κ1) is 17.5. The lowest BCUT2D eigenvalue weighted by Crippen LogP contribution is -2.34. The minimum absolute atomic E-state index is 0.314. The van der Waals surface area contributed by atoms with Crippen LogP contribution in [0.25, 0.3) is 0 Å². The molecule has 2 fully saturated rings. The van der Waals surface area contributed by atoms with Crippen molar-refractivity contribution in [2.45, 2.75) is 43.6 Å². The number of aromatic nitrogens is 2. The van der Waals surface area contributed by atoms with Crippen LogP contribution < -0.4 is 16.4 Å². The Bertz CT molecular complexity index is 586. The summed E-state index contributed by atoms with van der Waals surface area (Å²) in [7, 11) is 0. The number of aliphatic carboxylic acids is 1. The van der Waals surface area contributed by atoms with E-state index in [1.54, 1.807) is 0 Å². The van der Waals surface area contributed by atoms with Gasteiger partial charge in [-0.05, 0) is 19.3 Å². The van der Waals surface area contributed by atoms with Crippen LogP contribution in [-0.4, -0.2) is 45.3 Å². The molecule has 11 heteroatoms. The molecular formula is C12H15ClF3N5O2. The predicted molar refractivity (Wildman–Crippen MR) is 77.1 cm³/mol. The van der Waals surface area contributed by atoms with Crippen LogP contribution >= 0.6 is 11.6 Å². The first-order valence-corrected chi connectivity index (χ1v) is 7.15. The maximum absolute atomic E-state index is 10.6. The Labute approximate surface area is 134 Å². The molecule has 2 bridgehead atoms. The molecule has 2 aliphatic heterocycles. The van der Waals surface area contributed by atoms with E-state index in [9.17, 15) is 13.2 Å². The molecule has 0 spiro atoms. The summed E-state index contributed by atoms with van der Waals surface area (Å²) >= 11 is 5.85. The van der Waals surface area contributed by atoms with Crippen LogP contribution in [0.4, 0.5) is 24.7 Å². The van der Waals surface area contributed by atoms with Crippen LogP contribution in [0.1, 0.15) is 19.3 Å². The first-order chi connectivity index (χ1) is 10.7. The molecule has 0 unspecified atom stereocenters. The third-order valence-corrected chi connectivity index (χ3v) is 4.00. The number of rotatable bonds is 2. The summed E-state index contributed by atoms with van der Waals surface area (Å²) in [6.45, 7) is 0. The zero-order chi connectivity index (χ0) is 17.2. The number of fused-ring (bicyclic) bond motifs is 2. The zero-order valence-electron chi connectivity index (χ0n) is 11.8. The molecule has 2 saturated heterocycles. The van der Waals surface area contributed by atoms with Gasteiger partial charge in [-0.3, -0.25) is 0 Å². The van der Waals surface area contributed by atoms with E-state index in [0.717, 1.165) is 6.42 Å². The lowest BCUT2D eigenvalue weighted by atomic mass is 9.95. The summed E-state index contributed by atoms with van der Waals surface area (Å²) in [6, 6.07) is 1.60. The highest BCUT2D eigenvalue weighted by molar-refractivity contribution is 6.32. The second-order valence-corrected chi connectivity index (χ2v) is 5.62. The summed E-state index contributed by atoms with van der Waals surface area (Å²) in [5.74, 6) is -2.10. The normalized spacial score (nSPS) is 25.7. The van der Waals surface area contributed by atoms with Crippen molar-refractivity contribution in [3.63, 3.8) is 0 Å². The van der Waals surface area contributed by atoms with Gasteiger partial charge in [0.2, 0.25) is 0 Å². The summed E-state index contributed by atoms with van der Waals surface area (Å²) in [5, 5.41) is 14.3. The maximum Gasteiger partial charge on any atom is 0.490 e. The smallest absolute Gasteiger partial charge is 0.475 e. The van der Waals surface area contributed by atoms with Crippen molar-refractivity contribution in [1.82, 2.24) is 15.3 Å². The highest BCUT2D eigenvalue weighted by Crippen LogP contribution is 2.32. The molecule has 0 aromatic carbocycles.